The molecule has 4 nitrogen and oxygen atoms in total. The van der Waals surface area contributed by atoms with Crippen molar-refractivity contribution in [2.75, 3.05) is 6.54 Å². The number of ether oxygens (including phenoxy) is 1. The number of hydrogen-bond donors (Lipinski definition) is 2. The van der Waals surface area contributed by atoms with Crippen LogP contribution in [0.4, 0.5) is 0 Å². The second-order valence-corrected chi connectivity index (χ2v) is 7.03. The zero-order valence-corrected chi connectivity index (χ0v) is 12.8. The summed E-state index contributed by atoms with van der Waals surface area (Å²) in [5.41, 5.74) is 11.3. The van der Waals surface area contributed by atoms with E-state index in [4.69, 9.17) is 16.2 Å². The second-order valence-electron chi connectivity index (χ2n) is 7.03. The summed E-state index contributed by atoms with van der Waals surface area (Å²) in [6.07, 6.45) is 1.40. The van der Waals surface area contributed by atoms with Gasteiger partial charge in [0.05, 0.1) is 6.04 Å². The molecule has 108 valence electrons. The molecule has 0 aromatic heterocycles. The predicted molar refractivity (Wildman–Crippen MR) is 77.0 cm³/mol. The number of esters is 1. The quantitative estimate of drug-likeness (QED) is 0.585. The summed E-state index contributed by atoms with van der Waals surface area (Å²) in [6, 6.07) is -0.145. The maximum absolute atomic E-state index is 9.98. The van der Waals surface area contributed by atoms with Gasteiger partial charge in [0, 0.05) is 6.42 Å². The molecule has 0 aliphatic rings. The van der Waals surface area contributed by atoms with Crippen LogP contribution in [0.2, 0.25) is 0 Å². The van der Waals surface area contributed by atoms with Crippen molar-refractivity contribution in [3.8, 4) is 0 Å². The summed E-state index contributed by atoms with van der Waals surface area (Å²) in [5.74, 6) is 0.0456. The smallest absolute Gasteiger partial charge is 0.339 e. The van der Waals surface area contributed by atoms with Crippen molar-refractivity contribution in [2.24, 2.45) is 22.3 Å². The zero-order valence-electron chi connectivity index (χ0n) is 12.8. The highest BCUT2D eigenvalue weighted by Gasteiger charge is 2.40. The minimum atomic E-state index is -0.390. The van der Waals surface area contributed by atoms with E-state index in [0.717, 1.165) is 12.8 Å². The molecule has 0 aromatic carbocycles. The van der Waals surface area contributed by atoms with Crippen LogP contribution in [0, 0.1) is 10.8 Å². The van der Waals surface area contributed by atoms with Gasteiger partial charge in [-0.05, 0) is 39.2 Å². The molecular formula is C14H31N2O2+. The Morgan fingerprint density at radius 3 is 2.00 bits per heavy atom. The van der Waals surface area contributed by atoms with Crippen molar-refractivity contribution in [1.29, 1.82) is 0 Å². The molecule has 5 N–H and O–H groups in total. The minimum absolute atomic E-state index is 0.0456. The monoisotopic (exact) mass is 259 g/mol. The summed E-state index contributed by atoms with van der Waals surface area (Å²) in [7, 11) is 0. The molecule has 0 aliphatic heterocycles. The van der Waals surface area contributed by atoms with Crippen molar-refractivity contribution in [3.63, 3.8) is 0 Å². The van der Waals surface area contributed by atoms with Gasteiger partial charge < -0.3 is 21.0 Å². The summed E-state index contributed by atoms with van der Waals surface area (Å²) < 4.78 is 5.70. The first kappa shape index (κ1) is 17.4. The molecule has 0 fully saturated rings. The van der Waals surface area contributed by atoms with E-state index in [-0.39, 0.29) is 23.5 Å². The molecule has 0 saturated carbocycles. The van der Waals surface area contributed by atoms with Crippen LogP contribution in [-0.4, -0.2) is 29.5 Å². The van der Waals surface area contributed by atoms with E-state index in [0.29, 0.717) is 6.54 Å². The van der Waals surface area contributed by atoms with Crippen molar-refractivity contribution in [1.82, 2.24) is 0 Å². The van der Waals surface area contributed by atoms with Gasteiger partial charge in [0.15, 0.2) is 0 Å². The van der Waals surface area contributed by atoms with Crippen molar-refractivity contribution in [2.45, 2.75) is 66.5 Å². The molecule has 0 amide bonds. The molecule has 4 heteroatoms. The van der Waals surface area contributed by atoms with Crippen molar-refractivity contribution < 1.29 is 9.53 Å². The third-order valence-electron chi connectivity index (χ3n) is 3.00. The fraction of sp³-hybridized carbons (Fsp3) is 0.929. The molecule has 0 heterocycles. The molecule has 2 atom stereocenters. The van der Waals surface area contributed by atoms with E-state index in [1.807, 2.05) is 20.8 Å². The van der Waals surface area contributed by atoms with Gasteiger partial charge in [0.2, 0.25) is 6.10 Å². The summed E-state index contributed by atoms with van der Waals surface area (Å²) in [4.78, 5) is 9.98. The Labute approximate surface area is 111 Å². The first-order chi connectivity index (χ1) is 8.00. The van der Waals surface area contributed by atoms with E-state index >= 15 is 0 Å². The van der Waals surface area contributed by atoms with Crippen LogP contribution in [-0.2, 0) is 4.74 Å². The van der Waals surface area contributed by atoms with Gasteiger partial charge in [-0.1, -0.05) is 20.8 Å². The zero-order chi connectivity index (χ0) is 14.6. The van der Waals surface area contributed by atoms with Gasteiger partial charge in [-0.25, -0.2) is 0 Å². The molecule has 0 bridgehead atoms. The number of carbonyl (C=O) groups excluding carboxylic acids is 1. The number of rotatable bonds is 5. The molecule has 0 saturated heterocycles. The summed E-state index contributed by atoms with van der Waals surface area (Å²) in [6.45, 7) is 12.5. The van der Waals surface area contributed by atoms with Gasteiger partial charge in [-0.2, -0.15) is 0 Å². The highest BCUT2D eigenvalue weighted by Crippen LogP contribution is 2.26. The lowest BCUT2D eigenvalue weighted by Gasteiger charge is -2.30. The Bertz CT molecular complexity index is 264. The lowest BCUT2D eigenvalue weighted by molar-refractivity contribution is 0.0705. The van der Waals surface area contributed by atoms with Crippen LogP contribution in [0.25, 0.3) is 0 Å². The first-order valence-corrected chi connectivity index (χ1v) is 6.69. The predicted octanol–water partition coefficient (Wildman–Crippen LogP) is 2.03. The van der Waals surface area contributed by atoms with Crippen molar-refractivity contribution in [3.05, 3.63) is 0 Å². The number of nitrogens with two attached hydrogens (primary N) is 2. The van der Waals surface area contributed by atoms with Gasteiger partial charge in [0.25, 0.3) is 0 Å². The van der Waals surface area contributed by atoms with E-state index in [2.05, 4.69) is 20.8 Å². The van der Waals surface area contributed by atoms with Gasteiger partial charge in [-0.15, -0.1) is 0 Å². The van der Waals surface area contributed by atoms with Crippen LogP contribution in [0.1, 0.15) is 54.4 Å². The molecule has 0 aromatic rings. The van der Waals surface area contributed by atoms with Gasteiger partial charge >= 0.3 is 5.97 Å². The Kier molecular flexibility index (Phi) is 6.30. The Balaban J connectivity index is 4.74. The summed E-state index contributed by atoms with van der Waals surface area (Å²) >= 11 is 0. The average molecular weight is 259 g/mol. The number of hydrogen-bond acceptors (Lipinski definition) is 3. The minimum Gasteiger partial charge on any atom is -0.339 e. The third kappa shape index (κ3) is 5.83. The Hall–Kier alpha value is -0.610. The van der Waals surface area contributed by atoms with E-state index in [1.54, 1.807) is 0 Å². The third-order valence-corrected chi connectivity index (χ3v) is 3.00. The molecule has 18 heavy (non-hydrogen) atoms. The fourth-order valence-corrected chi connectivity index (χ4v) is 1.51. The SMILES string of the molecule is CC(C)(C)C(=[OH+])OC(CCCN)C(N)C(C)(C)C. The Morgan fingerprint density at radius 2 is 1.67 bits per heavy atom. The largest absolute Gasteiger partial charge is 0.488 e. The van der Waals surface area contributed by atoms with Crippen LogP contribution in [0.5, 0.6) is 0 Å². The first-order valence-electron chi connectivity index (χ1n) is 6.69. The Morgan fingerprint density at radius 1 is 1.17 bits per heavy atom. The second kappa shape index (κ2) is 6.53. The maximum atomic E-state index is 9.98. The van der Waals surface area contributed by atoms with E-state index in [1.165, 1.54) is 0 Å². The lowest BCUT2D eigenvalue weighted by Crippen LogP contribution is -2.48. The normalized spacial score (nSPS) is 16.2. The van der Waals surface area contributed by atoms with E-state index < -0.39 is 5.41 Å². The molecule has 0 spiro atoms. The average Bonchev–Trinajstić information content (AvgIpc) is 2.20. The molecule has 2 unspecified atom stereocenters. The van der Waals surface area contributed by atoms with Crippen LogP contribution < -0.4 is 11.5 Å². The highest BCUT2D eigenvalue weighted by atomic mass is 16.5. The highest BCUT2D eigenvalue weighted by molar-refractivity contribution is 5.76. The topological polar surface area (TPSA) is 82.7 Å². The summed E-state index contributed by atoms with van der Waals surface area (Å²) in [5, 5.41) is 0. The van der Waals surface area contributed by atoms with Crippen LogP contribution in [0.3, 0.4) is 0 Å². The molecule has 0 rings (SSSR count). The van der Waals surface area contributed by atoms with Gasteiger partial charge in [-0.3, -0.25) is 0 Å². The fourth-order valence-electron chi connectivity index (χ4n) is 1.51. The molecule has 0 radical (unpaired) electrons. The van der Waals surface area contributed by atoms with Crippen molar-refractivity contribution >= 4 is 5.97 Å². The van der Waals surface area contributed by atoms with Crippen LogP contribution >= 0.6 is 0 Å². The molecule has 0 aliphatic carbocycles. The maximum Gasteiger partial charge on any atom is 0.488 e. The van der Waals surface area contributed by atoms with Gasteiger partial charge in [0.1, 0.15) is 5.41 Å². The lowest BCUT2D eigenvalue weighted by atomic mass is 9.82. The van der Waals surface area contributed by atoms with Crippen LogP contribution in [0.15, 0.2) is 0 Å². The standard InChI is InChI=1S/C14H30N2O2/c1-13(2,3)11(16)10(8-7-9-15)18-12(17)14(4,5)6/h10-11H,7-9,15-16H2,1-6H3/p+1. The molecular weight excluding hydrogens is 228 g/mol. The van der Waals surface area contributed by atoms with E-state index in [9.17, 15) is 4.79 Å².